The fourth-order valence-electron chi connectivity index (χ4n) is 2.77. The molecule has 0 bridgehead atoms. The summed E-state index contributed by atoms with van der Waals surface area (Å²) in [6.07, 6.45) is 4.63. The molecule has 0 aromatic carbocycles. The van der Waals surface area contributed by atoms with Crippen molar-refractivity contribution in [1.82, 2.24) is 15.0 Å². The lowest BCUT2D eigenvalue weighted by atomic mass is 10.1. The SMILES string of the molecule is CNCc1ccc(S(=O)(=O)NC2CCOC2C2CC2)nc1. The first-order chi connectivity index (χ1) is 10.1. The Hall–Kier alpha value is -1.02. The number of hydrogen-bond donors (Lipinski definition) is 2. The lowest BCUT2D eigenvalue weighted by molar-refractivity contribution is 0.0848. The number of ether oxygens (including phenoxy) is 1. The molecule has 1 saturated carbocycles. The Morgan fingerprint density at radius 3 is 2.76 bits per heavy atom. The molecular weight excluding hydrogens is 290 g/mol. The van der Waals surface area contributed by atoms with Crippen molar-refractivity contribution in [3.63, 3.8) is 0 Å². The first-order valence-electron chi connectivity index (χ1n) is 7.33. The van der Waals surface area contributed by atoms with E-state index in [1.54, 1.807) is 18.3 Å². The molecule has 116 valence electrons. The van der Waals surface area contributed by atoms with Crippen LogP contribution in [-0.2, 0) is 21.3 Å². The van der Waals surface area contributed by atoms with Gasteiger partial charge in [0.05, 0.1) is 12.1 Å². The van der Waals surface area contributed by atoms with Crippen molar-refractivity contribution in [3.05, 3.63) is 23.9 Å². The van der Waals surface area contributed by atoms with Gasteiger partial charge in [0.25, 0.3) is 10.0 Å². The molecule has 2 unspecified atom stereocenters. The van der Waals surface area contributed by atoms with E-state index in [0.29, 0.717) is 19.1 Å². The van der Waals surface area contributed by atoms with E-state index in [9.17, 15) is 8.42 Å². The van der Waals surface area contributed by atoms with Gasteiger partial charge in [-0.15, -0.1) is 0 Å². The molecule has 6 nitrogen and oxygen atoms in total. The molecule has 2 aliphatic rings. The average Bonchev–Trinajstić information content (AvgIpc) is 3.20. The number of pyridine rings is 1. The summed E-state index contributed by atoms with van der Waals surface area (Å²) in [5.41, 5.74) is 0.955. The number of hydrogen-bond acceptors (Lipinski definition) is 5. The normalized spacial score (nSPS) is 26.1. The van der Waals surface area contributed by atoms with Crippen LogP contribution in [0.5, 0.6) is 0 Å². The summed E-state index contributed by atoms with van der Waals surface area (Å²) in [4.78, 5) is 4.07. The van der Waals surface area contributed by atoms with Crippen LogP contribution >= 0.6 is 0 Å². The number of sulfonamides is 1. The molecule has 3 rings (SSSR count). The van der Waals surface area contributed by atoms with Crippen LogP contribution in [0.2, 0.25) is 0 Å². The predicted octanol–water partition coefficient (Wildman–Crippen LogP) is 0.647. The van der Waals surface area contributed by atoms with Crippen LogP contribution in [0, 0.1) is 5.92 Å². The molecule has 2 fully saturated rings. The van der Waals surface area contributed by atoms with Crippen LogP contribution in [0.4, 0.5) is 0 Å². The fourth-order valence-corrected chi connectivity index (χ4v) is 3.98. The molecule has 2 heterocycles. The van der Waals surface area contributed by atoms with Gasteiger partial charge < -0.3 is 10.1 Å². The zero-order chi connectivity index (χ0) is 14.9. The van der Waals surface area contributed by atoms with Gasteiger partial charge in [-0.3, -0.25) is 0 Å². The molecular formula is C14H21N3O3S. The molecule has 0 spiro atoms. The Morgan fingerprint density at radius 2 is 2.14 bits per heavy atom. The zero-order valence-electron chi connectivity index (χ0n) is 12.1. The highest BCUT2D eigenvalue weighted by atomic mass is 32.2. The summed E-state index contributed by atoms with van der Waals surface area (Å²) in [5.74, 6) is 0.520. The largest absolute Gasteiger partial charge is 0.376 e. The van der Waals surface area contributed by atoms with Crippen LogP contribution in [0.25, 0.3) is 0 Å². The van der Waals surface area contributed by atoms with Crippen LogP contribution in [0.1, 0.15) is 24.8 Å². The lowest BCUT2D eigenvalue weighted by Crippen LogP contribution is -2.41. The minimum absolute atomic E-state index is 0.0309. The topological polar surface area (TPSA) is 80.3 Å². The smallest absolute Gasteiger partial charge is 0.258 e. The van der Waals surface area contributed by atoms with Crippen molar-refractivity contribution < 1.29 is 13.2 Å². The van der Waals surface area contributed by atoms with E-state index >= 15 is 0 Å². The molecule has 0 radical (unpaired) electrons. The Balaban J connectivity index is 1.70. The predicted molar refractivity (Wildman–Crippen MR) is 78.2 cm³/mol. The maximum atomic E-state index is 12.4. The van der Waals surface area contributed by atoms with E-state index in [4.69, 9.17) is 4.74 Å². The van der Waals surface area contributed by atoms with Crippen LogP contribution in [-0.4, -0.2) is 39.2 Å². The second-order valence-corrected chi connectivity index (χ2v) is 7.39. The standard InChI is InChI=1S/C14H21N3O3S/c1-15-8-10-2-5-13(16-9-10)21(18,19)17-12-6-7-20-14(12)11-3-4-11/h2,5,9,11-12,14-15,17H,3-4,6-8H2,1H3. The molecule has 1 aliphatic carbocycles. The molecule has 1 saturated heterocycles. The third kappa shape index (κ3) is 3.42. The lowest BCUT2D eigenvalue weighted by Gasteiger charge is -2.19. The summed E-state index contributed by atoms with van der Waals surface area (Å²) >= 11 is 0. The molecule has 0 amide bonds. The third-order valence-corrected chi connectivity index (χ3v) is 5.39. The van der Waals surface area contributed by atoms with Gasteiger partial charge in [0.15, 0.2) is 5.03 Å². The highest BCUT2D eigenvalue weighted by Gasteiger charge is 2.42. The molecule has 2 N–H and O–H groups in total. The van der Waals surface area contributed by atoms with Gasteiger partial charge in [0, 0.05) is 19.3 Å². The summed E-state index contributed by atoms with van der Waals surface area (Å²) in [6.45, 7) is 1.30. The van der Waals surface area contributed by atoms with Crippen molar-refractivity contribution in [1.29, 1.82) is 0 Å². The highest BCUT2D eigenvalue weighted by Crippen LogP contribution is 2.39. The second-order valence-electron chi connectivity index (χ2n) is 5.72. The third-order valence-electron chi connectivity index (χ3n) is 3.98. The quantitative estimate of drug-likeness (QED) is 0.806. The van der Waals surface area contributed by atoms with Crippen molar-refractivity contribution in [2.45, 2.75) is 43.0 Å². The highest BCUT2D eigenvalue weighted by molar-refractivity contribution is 7.89. The molecule has 1 aromatic rings. The van der Waals surface area contributed by atoms with E-state index in [2.05, 4.69) is 15.0 Å². The number of rotatable bonds is 6. The maximum absolute atomic E-state index is 12.4. The van der Waals surface area contributed by atoms with E-state index in [-0.39, 0.29) is 17.2 Å². The van der Waals surface area contributed by atoms with Gasteiger partial charge in [-0.25, -0.2) is 18.1 Å². The Labute approximate surface area is 125 Å². The minimum Gasteiger partial charge on any atom is -0.376 e. The Morgan fingerprint density at radius 1 is 1.33 bits per heavy atom. The van der Waals surface area contributed by atoms with Gasteiger partial charge in [-0.2, -0.15) is 0 Å². The summed E-state index contributed by atoms with van der Waals surface area (Å²) < 4.78 is 33.2. The van der Waals surface area contributed by atoms with E-state index in [1.807, 2.05) is 7.05 Å². The molecule has 1 aromatic heterocycles. The molecule has 1 aliphatic heterocycles. The number of nitrogens with zero attached hydrogens (tertiary/aromatic N) is 1. The monoisotopic (exact) mass is 311 g/mol. The average molecular weight is 311 g/mol. The summed E-state index contributed by atoms with van der Waals surface area (Å²) in [5, 5.41) is 3.08. The molecule has 7 heteroatoms. The fraction of sp³-hybridized carbons (Fsp3) is 0.643. The van der Waals surface area contributed by atoms with Gasteiger partial charge in [0.2, 0.25) is 0 Å². The summed E-state index contributed by atoms with van der Waals surface area (Å²) in [6, 6.07) is 3.21. The van der Waals surface area contributed by atoms with Gasteiger partial charge in [-0.05, 0) is 43.9 Å². The Kier molecular flexibility index (Phi) is 4.26. The van der Waals surface area contributed by atoms with Crippen LogP contribution in [0.3, 0.4) is 0 Å². The van der Waals surface area contributed by atoms with Crippen molar-refractivity contribution in [2.24, 2.45) is 5.92 Å². The van der Waals surface area contributed by atoms with Crippen molar-refractivity contribution >= 4 is 10.0 Å². The van der Waals surface area contributed by atoms with Gasteiger partial charge >= 0.3 is 0 Å². The van der Waals surface area contributed by atoms with E-state index in [1.165, 1.54) is 0 Å². The van der Waals surface area contributed by atoms with Crippen LogP contribution < -0.4 is 10.0 Å². The minimum atomic E-state index is -3.58. The van der Waals surface area contributed by atoms with E-state index < -0.39 is 10.0 Å². The first kappa shape index (κ1) is 14.9. The van der Waals surface area contributed by atoms with E-state index in [0.717, 1.165) is 24.8 Å². The Bertz CT molecular complexity index is 584. The van der Waals surface area contributed by atoms with Gasteiger partial charge in [0.1, 0.15) is 0 Å². The maximum Gasteiger partial charge on any atom is 0.258 e. The molecule has 2 atom stereocenters. The summed E-state index contributed by atoms with van der Waals surface area (Å²) in [7, 11) is -1.74. The number of nitrogens with one attached hydrogen (secondary N) is 2. The first-order valence-corrected chi connectivity index (χ1v) is 8.82. The second kappa shape index (κ2) is 6.00. The van der Waals surface area contributed by atoms with Gasteiger partial charge in [-0.1, -0.05) is 6.07 Å². The van der Waals surface area contributed by atoms with Crippen molar-refractivity contribution in [2.75, 3.05) is 13.7 Å². The van der Waals surface area contributed by atoms with Crippen LogP contribution in [0.15, 0.2) is 23.4 Å². The van der Waals surface area contributed by atoms with Crippen molar-refractivity contribution in [3.8, 4) is 0 Å². The number of aromatic nitrogens is 1. The zero-order valence-corrected chi connectivity index (χ0v) is 12.9. The molecule has 21 heavy (non-hydrogen) atoms.